The van der Waals surface area contributed by atoms with Crippen molar-refractivity contribution in [2.45, 2.75) is 202 Å². The van der Waals surface area contributed by atoms with Crippen molar-refractivity contribution in [3.8, 4) is 0 Å². The Morgan fingerprint density at radius 2 is 0.973 bits per heavy atom. The van der Waals surface area contributed by atoms with Crippen molar-refractivity contribution in [1.29, 1.82) is 0 Å². The summed E-state index contributed by atoms with van der Waals surface area (Å²) in [6.45, 7) is 30.5. The standard InChI is InChI=1S/C23H41BN4O6.C17H31BN4O6.C2H4O2.IO4.H3N.Na/c1-19(2,3)31-17(29)16-23(14-26-27-25,15-28(16)18(30)32-20(4,5)6)12-11-13-24-33-21(7,8)22(9,10)34-24;1-15(2,3)27-13(23)12-17(10-20-21-19,8-7-9-18(25)26)11-22(12)14(24)28-16(4,5)6;1-2(3)4;2-1(3,4)5;;/h16H,11-15H2,1-10H3;12,25-26H,7-11H2,1-6H3;1H3,(H,3,4);;1H3;/q;;;-1;;+1/t16-,23+;12-,17+;;;;/m11..../s1. The van der Waals surface area contributed by atoms with E-state index in [0.717, 1.165) is 6.92 Å². The predicted octanol–water partition coefficient (Wildman–Crippen LogP) is -2.88. The summed E-state index contributed by atoms with van der Waals surface area (Å²) >= 11 is -5.94. The predicted molar refractivity (Wildman–Crippen MR) is 251 cm³/mol. The van der Waals surface area contributed by atoms with Gasteiger partial charge in [0, 0.05) is 53.8 Å². The molecule has 3 aliphatic heterocycles. The monoisotopic (exact) mass is 1170 g/mol. The average Bonchev–Trinajstić information content (AvgIpc) is 3.30. The molecule has 0 radical (unpaired) electrons. The fourth-order valence-corrected chi connectivity index (χ4v) is 7.47. The summed E-state index contributed by atoms with van der Waals surface area (Å²) in [7, 11) is -1.85. The van der Waals surface area contributed by atoms with Crippen molar-refractivity contribution >= 4 is 44.3 Å². The first kappa shape index (κ1) is 74.3. The van der Waals surface area contributed by atoms with Crippen LogP contribution in [0.3, 0.4) is 0 Å². The van der Waals surface area contributed by atoms with Gasteiger partial charge in [-0.25, -0.2) is 19.2 Å². The Balaban J connectivity index is -0.00000114. The minimum atomic E-state index is -5.94. The molecule has 73 heavy (non-hydrogen) atoms. The molecular weight excluding hydrogens is 1090 g/mol. The van der Waals surface area contributed by atoms with Crippen LogP contribution >= 0.6 is 0 Å². The Bertz CT molecular complexity index is 1890. The zero-order valence-electron chi connectivity index (χ0n) is 46.0. The number of carbonyl (C=O) groups is 5. The van der Waals surface area contributed by atoms with Crippen LogP contribution in [-0.4, -0.2) is 141 Å². The summed E-state index contributed by atoms with van der Waals surface area (Å²) in [6, 6.07) is -1.90. The molecule has 3 heterocycles. The Kier molecular flexibility index (Phi) is 30.1. The van der Waals surface area contributed by atoms with E-state index in [1.807, 2.05) is 27.7 Å². The van der Waals surface area contributed by atoms with Crippen LogP contribution in [0.1, 0.15) is 143 Å². The van der Waals surface area contributed by atoms with E-state index in [1.54, 1.807) is 83.1 Å². The molecule has 414 valence electrons. The van der Waals surface area contributed by atoms with Gasteiger partial charge in [-0.1, -0.05) is 23.1 Å². The Morgan fingerprint density at radius 3 is 1.23 bits per heavy atom. The van der Waals surface area contributed by atoms with Gasteiger partial charge in [0.2, 0.25) is 0 Å². The van der Waals surface area contributed by atoms with Crippen LogP contribution in [0.5, 0.6) is 0 Å². The van der Waals surface area contributed by atoms with Crippen LogP contribution in [0.25, 0.3) is 20.9 Å². The molecule has 3 aliphatic rings. The van der Waals surface area contributed by atoms with E-state index in [0.29, 0.717) is 32.0 Å². The van der Waals surface area contributed by atoms with Gasteiger partial charge in [-0.15, -0.1) is 0 Å². The van der Waals surface area contributed by atoms with Gasteiger partial charge >= 0.3 is 67.9 Å². The van der Waals surface area contributed by atoms with Crippen LogP contribution in [0.4, 0.5) is 9.59 Å². The van der Waals surface area contributed by atoms with Crippen LogP contribution in [0, 0.1) is 10.8 Å². The number of hydrogen-bond donors (Lipinski definition) is 4. The molecule has 0 aromatic rings. The Hall–Kier alpha value is -2.93. The third-order valence-corrected chi connectivity index (χ3v) is 10.7. The van der Waals surface area contributed by atoms with Gasteiger partial charge in [0.15, 0.2) is 0 Å². The average molecular weight is 1170 g/mol. The van der Waals surface area contributed by atoms with Crippen molar-refractivity contribution in [2.75, 3.05) is 26.2 Å². The van der Waals surface area contributed by atoms with Crippen molar-refractivity contribution in [3.63, 3.8) is 0 Å². The summed E-state index contributed by atoms with van der Waals surface area (Å²) in [4.78, 5) is 68.9. The molecule has 31 heteroatoms. The molecular formula is C42H79B2IN9NaO18. The summed E-state index contributed by atoms with van der Waals surface area (Å²) in [5.74, 6) is -1.98. The summed E-state index contributed by atoms with van der Waals surface area (Å²) in [6.07, 6.45) is 1.38. The number of esters is 2. The van der Waals surface area contributed by atoms with E-state index < -0.39 is 114 Å². The number of carboxylic acids is 1. The van der Waals surface area contributed by atoms with Gasteiger partial charge in [-0.2, -0.15) is 0 Å². The molecule has 0 unspecified atom stereocenters. The fraction of sp³-hybridized carbons (Fsp3) is 0.881. The number of carboxylic acid groups (broad SMARTS) is 1. The second-order valence-electron chi connectivity index (χ2n) is 22.4. The third-order valence-electron chi connectivity index (χ3n) is 10.7. The normalized spacial score (nSPS) is 21.7. The first-order chi connectivity index (χ1) is 31.8. The zero-order valence-corrected chi connectivity index (χ0v) is 50.2. The molecule has 0 aromatic carbocycles. The second-order valence-corrected chi connectivity index (χ2v) is 24.6. The van der Waals surface area contributed by atoms with Crippen LogP contribution < -0.4 is 69.5 Å². The molecule has 4 atom stereocenters. The number of azide groups is 2. The maximum atomic E-state index is 13.2. The van der Waals surface area contributed by atoms with Gasteiger partial charge in [0.1, 0.15) is 54.6 Å². The number of hydrogen-bond acceptors (Lipinski definition) is 20. The minimum Gasteiger partial charge on any atom is -0.481 e. The van der Waals surface area contributed by atoms with E-state index in [4.69, 9.17) is 73.0 Å². The molecule has 2 amide bonds. The minimum absolute atomic E-state index is 0. The summed E-state index contributed by atoms with van der Waals surface area (Å²) < 4.78 is 68.7. The van der Waals surface area contributed by atoms with E-state index in [-0.39, 0.29) is 75.3 Å². The molecule has 3 fully saturated rings. The number of halogens is 1. The van der Waals surface area contributed by atoms with E-state index in [2.05, 4.69) is 20.1 Å². The molecule has 0 saturated carbocycles. The van der Waals surface area contributed by atoms with E-state index >= 15 is 0 Å². The number of amides is 2. The number of likely N-dealkylation sites (tertiary alicyclic amines) is 2. The first-order valence-electron chi connectivity index (χ1n) is 22.8. The van der Waals surface area contributed by atoms with Gasteiger partial charge in [0.05, 0.1) is 11.2 Å². The molecule has 3 saturated heterocycles. The topological polar surface area (TPSA) is 433 Å². The second kappa shape index (κ2) is 29.5. The Labute approximate surface area is 458 Å². The largest absolute Gasteiger partial charge is 1.00 e. The number of aliphatic carboxylic acids is 1. The molecule has 0 aromatic heterocycles. The quantitative estimate of drug-likeness (QED) is 0.0258. The molecule has 27 nitrogen and oxygen atoms in total. The maximum Gasteiger partial charge on any atom is 1.00 e. The SMILES string of the molecule is CC(=O)O.CC(C)(C)OC(=O)[C@H]1N(C(=O)OC(C)(C)C)C[C@]1(CCCB(O)O)CN=[N+]=[N-].CC(C)(C)OC(=O)[C@H]1N(C(=O)OC(C)(C)C)C[C@]1(CCCB1OC(C)(C)C(C)(C)O1)CN=[N+]=[N-].N.[Na+].[O-][I+3]([O-])([O-])[O-]. The van der Waals surface area contributed by atoms with Gasteiger partial charge in [-0.3, -0.25) is 28.3 Å². The number of carbonyl (C=O) groups excluding carboxylic acids is 4. The number of ether oxygens (including phenoxy) is 4. The van der Waals surface area contributed by atoms with Crippen LogP contribution in [0.2, 0.25) is 12.6 Å². The van der Waals surface area contributed by atoms with Gasteiger partial charge < -0.3 is 49.6 Å². The first-order valence-corrected chi connectivity index (χ1v) is 26.3. The molecule has 0 bridgehead atoms. The van der Waals surface area contributed by atoms with Crippen LogP contribution in [0.15, 0.2) is 10.2 Å². The van der Waals surface area contributed by atoms with E-state index in [9.17, 15) is 19.2 Å². The van der Waals surface area contributed by atoms with Gasteiger partial charge in [-0.05, 0) is 147 Å². The number of rotatable bonds is 14. The van der Waals surface area contributed by atoms with Crippen molar-refractivity contribution in [1.82, 2.24) is 16.0 Å². The molecule has 0 spiro atoms. The number of nitrogens with zero attached hydrogens (tertiary/aromatic N) is 8. The smallest absolute Gasteiger partial charge is 0.481 e. The van der Waals surface area contributed by atoms with Crippen LogP contribution in [-0.2, 0) is 42.6 Å². The van der Waals surface area contributed by atoms with Crippen molar-refractivity contribution in [3.05, 3.63) is 20.9 Å². The zero-order chi connectivity index (χ0) is 56.0. The van der Waals surface area contributed by atoms with Crippen molar-refractivity contribution in [2.24, 2.45) is 21.1 Å². The summed E-state index contributed by atoms with van der Waals surface area (Å²) in [5.41, 5.74) is 12.3. The molecule has 3 rings (SSSR count). The molecule has 6 N–H and O–H groups in total. The fourth-order valence-electron chi connectivity index (χ4n) is 7.47. The maximum absolute atomic E-state index is 13.2. The van der Waals surface area contributed by atoms with E-state index in [1.165, 1.54) is 9.80 Å². The third kappa shape index (κ3) is 27.6. The van der Waals surface area contributed by atoms with Crippen molar-refractivity contribution < 1.29 is 131 Å². The molecule has 0 aliphatic carbocycles. The van der Waals surface area contributed by atoms with Gasteiger partial charge in [0.25, 0.3) is 5.97 Å². The summed E-state index contributed by atoms with van der Waals surface area (Å²) in [5, 5.41) is 33.1. The Morgan fingerprint density at radius 1 is 0.685 bits per heavy atom.